The number of nitrogens with zero attached hydrogens (tertiary/aromatic N) is 2. The van der Waals surface area contributed by atoms with Gasteiger partial charge in [0, 0.05) is 19.7 Å². The Hall–Kier alpha value is -0.970. The summed E-state index contributed by atoms with van der Waals surface area (Å²) in [5.41, 5.74) is 4.20. The molecule has 1 saturated carbocycles. The van der Waals surface area contributed by atoms with E-state index in [2.05, 4.69) is 5.10 Å². The highest BCUT2D eigenvalue weighted by Gasteiger charge is 2.71. The molecule has 0 bridgehead atoms. The fourth-order valence-electron chi connectivity index (χ4n) is 1.24. The van der Waals surface area contributed by atoms with Gasteiger partial charge in [0.05, 0.1) is 5.69 Å². The number of alkyl halides is 2. The molecule has 0 spiro atoms. The average Bonchev–Trinajstić information content (AvgIpc) is 2.37. The van der Waals surface area contributed by atoms with Crippen molar-refractivity contribution in [3.63, 3.8) is 0 Å². The lowest BCUT2D eigenvalue weighted by Gasteiger charge is -2.05. The summed E-state index contributed by atoms with van der Waals surface area (Å²) in [4.78, 5) is 0. The molecule has 0 radical (unpaired) electrons. The van der Waals surface area contributed by atoms with Crippen LogP contribution in [0.5, 0.6) is 0 Å². The molecular weight excluding hydrogens is 164 g/mol. The molecule has 3 nitrogen and oxygen atoms in total. The number of hydrogen-bond donors (Lipinski definition) is 1. The molecule has 1 fully saturated rings. The van der Waals surface area contributed by atoms with Gasteiger partial charge in [0.2, 0.25) is 0 Å². The Bertz CT molecular complexity index is 320. The van der Waals surface area contributed by atoms with Crippen LogP contribution in [0, 0.1) is 0 Å². The van der Waals surface area contributed by atoms with Gasteiger partial charge in [0.25, 0.3) is 5.92 Å². The first kappa shape index (κ1) is 7.67. The van der Waals surface area contributed by atoms with Crippen LogP contribution in [0.1, 0.15) is 12.1 Å². The normalized spacial score (nSPS) is 32.0. The lowest BCUT2D eigenvalue weighted by Crippen LogP contribution is -2.27. The van der Waals surface area contributed by atoms with Crippen molar-refractivity contribution >= 4 is 0 Å². The fourth-order valence-corrected chi connectivity index (χ4v) is 1.24. The molecule has 1 aromatic rings. The van der Waals surface area contributed by atoms with Crippen molar-refractivity contribution in [2.24, 2.45) is 12.8 Å². The van der Waals surface area contributed by atoms with Crippen LogP contribution in [0.3, 0.4) is 0 Å². The Kier molecular flexibility index (Phi) is 1.18. The summed E-state index contributed by atoms with van der Waals surface area (Å²) in [5, 5.41) is 3.85. The quantitative estimate of drug-likeness (QED) is 0.676. The smallest absolute Gasteiger partial charge is 0.274 e. The molecule has 2 N–H and O–H groups in total. The van der Waals surface area contributed by atoms with Crippen molar-refractivity contribution in [3.8, 4) is 0 Å². The zero-order chi connectivity index (χ0) is 8.98. The van der Waals surface area contributed by atoms with Crippen LogP contribution in [-0.2, 0) is 12.6 Å². The molecule has 1 aliphatic rings. The summed E-state index contributed by atoms with van der Waals surface area (Å²) >= 11 is 0. The summed E-state index contributed by atoms with van der Waals surface area (Å²) < 4.78 is 26.9. The lowest BCUT2D eigenvalue weighted by molar-refractivity contribution is 0.0879. The summed E-state index contributed by atoms with van der Waals surface area (Å²) in [6, 6.07) is 1.53. The van der Waals surface area contributed by atoms with Gasteiger partial charge in [-0.3, -0.25) is 4.68 Å². The van der Waals surface area contributed by atoms with Crippen molar-refractivity contribution in [1.82, 2.24) is 9.78 Å². The predicted octanol–water partition coefficient (Wildman–Crippen LogP) is 0.613. The van der Waals surface area contributed by atoms with Crippen LogP contribution >= 0.6 is 0 Å². The highest BCUT2D eigenvalue weighted by atomic mass is 19.3. The van der Waals surface area contributed by atoms with Crippen LogP contribution < -0.4 is 5.73 Å². The fraction of sp³-hybridized carbons (Fsp3) is 0.571. The molecule has 0 aromatic carbocycles. The Morgan fingerprint density at radius 2 is 2.25 bits per heavy atom. The average molecular weight is 173 g/mol. The minimum Gasteiger partial charge on any atom is -0.315 e. The molecule has 1 heterocycles. The molecule has 12 heavy (non-hydrogen) atoms. The van der Waals surface area contributed by atoms with E-state index >= 15 is 0 Å². The van der Waals surface area contributed by atoms with Gasteiger partial charge in [-0.2, -0.15) is 5.10 Å². The third-order valence-corrected chi connectivity index (χ3v) is 2.20. The van der Waals surface area contributed by atoms with E-state index in [0.29, 0.717) is 0 Å². The van der Waals surface area contributed by atoms with E-state index in [4.69, 9.17) is 5.73 Å². The van der Waals surface area contributed by atoms with Crippen molar-refractivity contribution in [3.05, 3.63) is 18.0 Å². The summed E-state index contributed by atoms with van der Waals surface area (Å²) in [7, 11) is 1.67. The van der Waals surface area contributed by atoms with E-state index in [1.807, 2.05) is 0 Å². The summed E-state index contributed by atoms with van der Waals surface area (Å²) in [6.07, 6.45) is 1.31. The maximum Gasteiger partial charge on any atom is 0.274 e. The van der Waals surface area contributed by atoms with E-state index in [0.717, 1.165) is 0 Å². The van der Waals surface area contributed by atoms with E-state index in [1.165, 1.54) is 10.7 Å². The molecule has 66 valence electrons. The number of hydrogen-bond acceptors (Lipinski definition) is 2. The number of aromatic nitrogens is 2. The second-order valence-electron chi connectivity index (χ2n) is 3.23. The Labute approximate surface area is 68.2 Å². The molecule has 1 aliphatic carbocycles. The Morgan fingerprint density at radius 1 is 1.67 bits per heavy atom. The van der Waals surface area contributed by atoms with Gasteiger partial charge < -0.3 is 5.73 Å². The minimum atomic E-state index is -2.78. The zero-order valence-electron chi connectivity index (χ0n) is 6.59. The zero-order valence-corrected chi connectivity index (χ0v) is 6.59. The highest BCUT2D eigenvalue weighted by molar-refractivity contribution is 5.29. The summed E-state index contributed by atoms with van der Waals surface area (Å²) in [6.45, 7) is 0. The number of rotatable bonds is 1. The van der Waals surface area contributed by atoms with Gasteiger partial charge in [-0.15, -0.1) is 0 Å². The minimum absolute atomic E-state index is 0.273. The van der Waals surface area contributed by atoms with Crippen LogP contribution in [0.2, 0.25) is 0 Å². The molecule has 1 unspecified atom stereocenters. The molecule has 1 atom stereocenters. The second-order valence-corrected chi connectivity index (χ2v) is 3.23. The lowest BCUT2D eigenvalue weighted by atomic mass is 10.2. The number of aryl methyl sites for hydroxylation is 1. The molecule has 0 amide bonds. The largest absolute Gasteiger partial charge is 0.315 e. The Morgan fingerprint density at radius 3 is 2.58 bits per heavy atom. The predicted molar refractivity (Wildman–Crippen MR) is 38.6 cm³/mol. The molecule has 1 aromatic heterocycles. The van der Waals surface area contributed by atoms with Crippen molar-refractivity contribution in [2.45, 2.75) is 17.9 Å². The van der Waals surface area contributed by atoms with Gasteiger partial charge in [-0.25, -0.2) is 8.78 Å². The van der Waals surface area contributed by atoms with Gasteiger partial charge in [0.15, 0.2) is 0 Å². The van der Waals surface area contributed by atoms with Crippen LogP contribution in [0.15, 0.2) is 12.3 Å². The molecule has 2 rings (SSSR count). The summed E-state index contributed by atoms with van der Waals surface area (Å²) in [5.74, 6) is -2.78. The highest BCUT2D eigenvalue weighted by Crippen LogP contribution is 2.56. The monoisotopic (exact) mass is 173 g/mol. The first-order chi connectivity index (χ1) is 5.46. The van der Waals surface area contributed by atoms with Crippen molar-refractivity contribution < 1.29 is 8.78 Å². The first-order valence-corrected chi connectivity index (χ1v) is 3.62. The van der Waals surface area contributed by atoms with E-state index in [1.54, 1.807) is 13.2 Å². The first-order valence-electron chi connectivity index (χ1n) is 3.62. The van der Waals surface area contributed by atoms with Crippen molar-refractivity contribution in [2.75, 3.05) is 0 Å². The second kappa shape index (κ2) is 1.85. The van der Waals surface area contributed by atoms with E-state index in [9.17, 15) is 8.78 Å². The van der Waals surface area contributed by atoms with Crippen LogP contribution in [0.4, 0.5) is 8.78 Å². The van der Waals surface area contributed by atoms with Crippen LogP contribution in [0.25, 0.3) is 0 Å². The maximum atomic E-state index is 12.7. The van der Waals surface area contributed by atoms with Gasteiger partial charge in [-0.1, -0.05) is 0 Å². The third kappa shape index (κ3) is 0.797. The van der Waals surface area contributed by atoms with Gasteiger partial charge in [0.1, 0.15) is 5.54 Å². The number of nitrogens with two attached hydrogens (primary N) is 1. The molecule has 5 heteroatoms. The third-order valence-electron chi connectivity index (χ3n) is 2.20. The topological polar surface area (TPSA) is 43.8 Å². The van der Waals surface area contributed by atoms with E-state index < -0.39 is 11.5 Å². The molecule has 0 saturated heterocycles. The maximum absolute atomic E-state index is 12.7. The van der Waals surface area contributed by atoms with Gasteiger partial charge in [-0.05, 0) is 6.07 Å². The van der Waals surface area contributed by atoms with Crippen LogP contribution in [-0.4, -0.2) is 15.7 Å². The van der Waals surface area contributed by atoms with E-state index in [-0.39, 0.29) is 12.1 Å². The molecule has 0 aliphatic heterocycles. The Balaban J connectivity index is 2.34. The molecular formula is C7H9F2N3. The SMILES string of the molecule is Cn1ccc(C2(N)CC2(F)F)n1. The van der Waals surface area contributed by atoms with Crippen molar-refractivity contribution in [1.29, 1.82) is 0 Å². The standard InChI is InChI=1S/C7H9F2N3/c1-12-3-2-5(11-12)6(10)4-7(6,8)9/h2-3H,4,10H2,1H3. The van der Waals surface area contributed by atoms with Gasteiger partial charge >= 0.3 is 0 Å². The number of halogens is 2.